The number of carbonyl (C=O) groups is 2. The number of amides is 1. The molecule has 0 aliphatic carbocycles. The summed E-state index contributed by atoms with van der Waals surface area (Å²) < 4.78 is 86.8. The quantitative estimate of drug-likeness (QED) is 0.211. The lowest BCUT2D eigenvalue weighted by Crippen LogP contribution is -2.27. The predicted octanol–water partition coefficient (Wildman–Crippen LogP) is 4.61. The molecule has 0 saturated heterocycles. The lowest BCUT2D eigenvalue weighted by Gasteiger charge is -2.12. The van der Waals surface area contributed by atoms with Crippen LogP contribution in [0.5, 0.6) is 0 Å². The molecule has 0 fully saturated rings. The SMILES string of the molecule is COC(=O)CCNC(=O)CSc1cc(-c2c(F)c(F)c(F)c(F)c2F)c(F)cc1Cl. The van der Waals surface area contributed by atoms with E-state index in [0.717, 1.165) is 17.8 Å². The number of carbonyl (C=O) groups excluding carboxylic acids is 2. The highest BCUT2D eigenvalue weighted by atomic mass is 35.5. The Balaban J connectivity index is 2.28. The Hall–Kier alpha value is -2.40. The van der Waals surface area contributed by atoms with E-state index in [2.05, 4.69) is 10.1 Å². The van der Waals surface area contributed by atoms with E-state index in [4.69, 9.17) is 11.6 Å². The maximum atomic E-state index is 14.2. The van der Waals surface area contributed by atoms with Crippen molar-refractivity contribution < 1.29 is 40.7 Å². The van der Waals surface area contributed by atoms with Crippen LogP contribution in [0.15, 0.2) is 17.0 Å². The van der Waals surface area contributed by atoms with Gasteiger partial charge in [-0.3, -0.25) is 9.59 Å². The molecule has 1 N–H and O–H groups in total. The van der Waals surface area contributed by atoms with Gasteiger partial charge in [0.1, 0.15) is 5.82 Å². The van der Waals surface area contributed by atoms with Crippen molar-refractivity contribution in [2.45, 2.75) is 11.3 Å². The molecule has 0 aliphatic heterocycles. The number of esters is 1. The van der Waals surface area contributed by atoms with Crippen molar-refractivity contribution in [1.82, 2.24) is 5.32 Å². The molecule has 162 valence electrons. The standard InChI is InChI=1S/C18H12ClF6NO3S/c1-29-12(28)2-3-26-11(27)6-30-10-4-7(9(20)5-8(10)19)13-14(21)16(23)18(25)17(24)15(13)22/h4-5H,2-3,6H2,1H3,(H,26,27). The number of hydrogen-bond donors (Lipinski definition) is 1. The maximum absolute atomic E-state index is 14.2. The second-order valence-corrected chi connectivity index (χ2v) is 7.10. The Kier molecular flexibility index (Phi) is 8.02. The van der Waals surface area contributed by atoms with E-state index in [0.29, 0.717) is 6.07 Å². The molecule has 0 bridgehead atoms. The first kappa shape index (κ1) is 23.9. The lowest BCUT2D eigenvalue weighted by molar-refractivity contribution is -0.140. The van der Waals surface area contributed by atoms with E-state index in [-0.39, 0.29) is 28.6 Å². The van der Waals surface area contributed by atoms with Gasteiger partial charge in [-0.25, -0.2) is 26.3 Å². The summed E-state index contributed by atoms with van der Waals surface area (Å²) in [5.74, 6) is -13.9. The fourth-order valence-electron chi connectivity index (χ4n) is 2.27. The summed E-state index contributed by atoms with van der Waals surface area (Å²) in [6.07, 6.45) is -0.0748. The summed E-state index contributed by atoms with van der Waals surface area (Å²) >= 11 is 6.58. The van der Waals surface area contributed by atoms with Crippen molar-refractivity contribution in [1.29, 1.82) is 0 Å². The molecule has 2 aromatic rings. The molecule has 12 heteroatoms. The highest BCUT2D eigenvalue weighted by molar-refractivity contribution is 8.00. The zero-order valence-corrected chi connectivity index (χ0v) is 16.6. The Labute approximate surface area is 175 Å². The van der Waals surface area contributed by atoms with Crippen LogP contribution in [0.3, 0.4) is 0 Å². The van der Waals surface area contributed by atoms with Crippen LogP contribution in [0.4, 0.5) is 26.3 Å². The summed E-state index contributed by atoms with van der Waals surface area (Å²) in [6, 6.07) is 1.41. The van der Waals surface area contributed by atoms with Gasteiger partial charge in [0.15, 0.2) is 23.3 Å². The number of halogens is 7. The van der Waals surface area contributed by atoms with Crippen LogP contribution >= 0.6 is 23.4 Å². The average Bonchev–Trinajstić information content (AvgIpc) is 2.71. The first-order chi connectivity index (χ1) is 14.1. The average molecular weight is 472 g/mol. The minimum atomic E-state index is -2.37. The molecule has 0 saturated carbocycles. The maximum Gasteiger partial charge on any atom is 0.307 e. The van der Waals surface area contributed by atoms with Gasteiger partial charge in [0, 0.05) is 17.0 Å². The van der Waals surface area contributed by atoms with Gasteiger partial charge in [0.2, 0.25) is 11.7 Å². The monoisotopic (exact) mass is 471 g/mol. The normalized spacial score (nSPS) is 10.8. The van der Waals surface area contributed by atoms with Crippen LogP contribution in [0.1, 0.15) is 6.42 Å². The van der Waals surface area contributed by atoms with Crippen LogP contribution in [0.2, 0.25) is 5.02 Å². The molecular weight excluding hydrogens is 460 g/mol. The topological polar surface area (TPSA) is 55.4 Å². The van der Waals surface area contributed by atoms with E-state index in [1.807, 2.05) is 0 Å². The van der Waals surface area contributed by atoms with E-state index in [9.17, 15) is 35.9 Å². The molecule has 30 heavy (non-hydrogen) atoms. The summed E-state index contributed by atoms with van der Waals surface area (Å²) in [4.78, 5) is 22.7. The zero-order valence-electron chi connectivity index (χ0n) is 15.1. The molecule has 4 nitrogen and oxygen atoms in total. The largest absolute Gasteiger partial charge is 0.469 e. The smallest absolute Gasteiger partial charge is 0.307 e. The Morgan fingerprint density at radius 1 is 1.00 bits per heavy atom. The van der Waals surface area contributed by atoms with Crippen molar-refractivity contribution in [2.24, 2.45) is 0 Å². The number of ether oxygens (including phenoxy) is 1. The van der Waals surface area contributed by atoms with Crippen molar-refractivity contribution in [3.63, 3.8) is 0 Å². The molecule has 0 radical (unpaired) electrons. The van der Waals surface area contributed by atoms with Crippen LogP contribution in [-0.2, 0) is 14.3 Å². The van der Waals surface area contributed by atoms with Crippen molar-refractivity contribution in [2.75, 3.05) is 19.4 Å². The fraction of sp³-hybridized carbons (Fsp3) is 0.222. The Bertz CT molecular complexity index is 976. The van der Waals surface area contributed by atoms with Gasteiger partial charge in [-0.2, -0.15) is 0 Å². The van der Waals surface area contributed by atoms with E-state index in [1.54, 1.807) is 0 Å². The molecule has 0 aliphatic rings. The second kappa shape index (κ2) is 10.1. The summed E-state index contributed by atoms with van der Waals surface area (Å²) in [6.45, 7) is -0.0149. The van der Waals surface area contributed by atoms with Crippen molar-refractivity contribution in [3.8, 4) is 11.1 Å². The van der Waals surface area contributed by atoms with Crippen LogP contribution in [0.25, 0.3) is 11.1 Å². The molecule has 0 aromatic heterocycles. The Morgan fingerprint density at radius 2 is 1.57 bits per heavy atom. The number of rotatable bonds is 7. The summed E-state index contributed by atoms with van der Waals surface area (Å²) in [5, 5.41) is 2.15. The highest BCUT2D eigenvalue weighted by Gasteiger charge is 2.28. The number of methoxy groups -OCH3 is 1. The van der Waals surface area contributed by atoms with Gasteiger partial charge in [0.05, 0.1) is 29.9 Å². The number of hydrogen-bond acceptors (Lipinski definition) is 4. The van der Waals surface area contributed by atoms with Gasteiger partial charge in [-0.05, 0) is 12.1 Å². The predicted molar refractivity (Wildman–Crippen MR) is 97.0 cm³/mol. The second-order valence-electron chi connectivity index (χ2n) is 5.67. The van der Waals surface area contributed by atoms with Gasteiger partial charge >= 0.3 is 5.97 Å². The Morgan fingerprint density at radius 3 is 2.13 bits per heavy atom. The van der Waals surface area contributed by atoms with E-state index in [1.165, 1.54) is 7.11 Å². The molecule has 0 spiro atoms. The fourth-order valence-corrected chi connectivity index (χ4v) is 3.37. The first-order valence-corrected chi connectivity index (χ1v) is 9.42. The molecular formula is C18H12ClF6NO3S. The molecule has 2 aromatic carbocycles. The zero-order chi connectivity index (χ0) is 22.6. The highest BCUT2D eigenvalue weighted by Crippen LogP contribution is 2.38. The van der Waals surface area contributed by atoms with Crippen LogP contribution in [0, 0.1) is 34.9 Å². The number of nitrogens with one attached hydrogen (secondary N) is 1. The molecule has 0 unspecified atom stereocenters. The first-order valence-electron chi connectivity index (χ1n) is 8.05. The minimum absolute atomic E-state index is 0.0149. The van der Waals surface area contributed by atoms with Gasteiger partial charge in [-0.15, -0.1) is 11.8 Å². The van der Waals surface area contributed by atoms with Crippen molar-refractivity contribution in [3.05, 3.63) is 52.1 Å². The summed E-state index contributed by atoms with van der Waals surface area (Å²) in [5.41, 5.74) is -2.37. The third-order valence-corrected chi connectivity index (χ3v) is 5.22. The van der Waals surface area contributed by atoms with Gasteiger partial charge < -0.3 is 10.1 Å². The third-order valence-electron chi connectivity index (χ3n) is 3.74. The van der Waals surface area contributed by atoms with E-state index < -0.39 is 57.9 Å². The van der Waals surface area contributed by atoms with Crippen LogP contribution in [-0.4, -0.2) is 31.3 Å². The molecule has 0 heterocycles. The molecule has 2 rings (SSSR count). The van der Waals surface area contributed by atoms with Gasteiger partial charge in [-0.1, -0.05) is 11.6 Å². The van der Waals surface area contributed by atoms with Gasteiger partial charge in [0.25, 0.3) is 0 Å². The minimum Gasteiger partial charge on any atom is -0.469 e. The number of benzene rings is 2. The molecule has 0 atom stereocenters. The van der Waals surface area contributed by atoms with Crippen LogP contribution < -0.4 is 5.32 Å². The lowest BCUT2D eigenvalue weighted by atomic mass is 10.0. The summed E-state index contributed by atoms with van der Waals surface area (Å²) in [7, 11) is 1.18. The van der Waals surface area contributed by atoms with E-state index >= 15 is 0 Å². The number of thioether (sulfide) groups is 1. The van der Waals surface area contributed by atoms with Crippen molar-refractivity contribution >= 4 is 35.2 Å². The third kappa shape index (κ3) is 5.20. The molecule has 1 amide bonds.